The van der Waals surface area contributed by atoms with Gasteiger partial charge in [-0.2, -0.15) is 18.3 Å². The maximum absolute atomic E-state index is 14.1. The topological polar surface area (TPSA) is 95.8 Å². The SMILES string of the molecule is CNc1nc(C)cc(N2CCc3c(c(C(F)(F)F)nn3CC34CCC(N)(CC3)CC4)C2)c1C=N. The third-order valence-electron chi connectivity index (χ3n) is 8.23. The average Bonchev–Trinajstić information content (AvgIpc) is 3.17. The second-order valence-electron chi connectivity index (χ2n) is 10.4. The van der Waals surface area contributed by atoms with Gasteiger partial charge in [-0.15, -0.1) is 0 Å². The molecule has 2 bridgehead atoms. The Morgan fingerprint density at radius 1 is 1.21 bits per heavy atom. The molecule has 1 aliphatic heterocycles. The molecule has 7 nitrogen and oxygen atoms in total. The smallest absolute Gasteiger partial charge is 0.373 e. The second-order valence-corrected chi connectivity index (χ2v) is 10.4. The van der Waals surface area contributed by atoms with E-state index < -0.39 is 11.9 Å². The summed E-state index contributed by atoms with van der Waals surface area (Å²) in [5.41, 5.74) is 8.58. The standard InChI is InChI=1S/C24H32F3N7/c1-15-11-19(16(12-28)21(30-2)31-15)33-10-3-18-17(13-33)20(24(25,26)27)32-34(18)14-22-4-7-23(29,8-5-22)9-6-22/h11-12,28H,3-10,13-14,29H2,1-2H3,(H,30,31). The molecular formula is C24H32F3N7. The molecule has 0 saturated heterocycles. The highest BCUT2D eigenvalue weighted by Gasteiger charge is 2.48. The van der Waals surface area contributed by atoms with E-state index in [9.17, 15) is 13.2 Å². The zero-order valence-electron chi connectivity index (χ0n) is 19.7. The van der Waals surface area contributed by atoms with Gasteiger partial charge in [-0.3, -0.25) is 4.68 Å². The number of nitrogens with two attached hydrogens (primary N) is 1. The van der Waals surface area contributed by atoms with E-state index >= 15 is 0 Å². The van der Waals surface area contributed by atoms with Crippen molar-refractivity contribution in [2.45, 2.75) is 76.7 Å². The molecule has 0 spiro atoms. The number of nitrogens with one attached hydrogen (secondary N) is 2. The highest BCUT2D eigenvalue weighted by atomic mass is 19.4. The van der Waals surface area contributed by atoms with E-state index in [4.69, 9.17) is 11.1 Å². The Balaban J connectivity index is 1.50. The van der Waals surface area contributed by atoms with Gasteiger partial charge in [0.1, 0.15) is 5.82 Å². The monoisotopic (exact) mass is 475 g/mol. The van der Waals surface area contributed by atoms with E-state index in [2.05, 4.69) is 15.4 Å². The summed E-state index contributed by atoms with van der Waals surface area (Å²) in [4.78, 5) is 6.34. The van der Waals surface area contributed by atoms with E-state index in [0.29, 0.717) is 36.6 Å². The van der Waals surface area contributed by atoms with Crippen molar-refractivity contribution in [1.82, 2.24) is 14.8 Å². The highest BCUT2D eigenvalue weighted by molar-refractivity contribution is 5.92. The lowest BCUT2D eigenvalue weighted by molar-refractivity contribution is -0.142. The maximum atomic E-state index is 14.1. The molecule has 10 heteroatoms. The first-order valence-electron chi connectivity index (χ1n) is 12.0. The number of fused-ring (bicyclic) bond motifs is 4. The molecule has 184 valence electrons. The first-order chi connectivity index (χ1) is 16.1. The lowest BCUT2D eigenvalue weighted by Crippen LogP contribution is -2.53. The second kappa shape index (κ2) is 7.96. The van der Waals surface area contributed by atoms with Crippen LogP contribution in [0.5, 0.6) is 0 Å². The molecule has 2 aromatic heterocycles. The van der Waals surface area contributed by atoms with Crippen molar-refractivity contribution < 1.29 is 13.2 Å². The Kier molecular flexibility index (Phi) is 5.42. The number of anilines is 2. The van der Waals surface area contributed by atoms with Crippen molar-refractivity contribution in [3.63, 3.8) is 0 Å². The summed E-state index contributed by atoms with van der Waals surface area (Å²) < 4.78 is 43.9. The van der Waals surface area contributed by atoms with E-state index in [1.54, 1.807) is 11.7 Å². The zero-order valence-corrected chi connectivity index (χ0v) is 19.7. The van der Waals surface area contributed by atoms with Crippen LogP contribution in [0.3, 0.4) is 0 Å². The molecule has 4 aliphatic rings. The summed E-state index contributed by atoms with van der Waals surface area (Å²) in [5.74, 6) is 0.548. The lowest BCUT2D eigenvalue weighted by Gasteiger charge is -2.52. The van der Waals surface area contributed by atoms with Gasteiger partial charge in [-0.1, -0.05) is 0 Å². The minimum Gasteiger partial charge on any atom is -0.373 e. The molecule has 4 N–H and O–H groups in total. The number of pyridine rings is 1. The van der Waals surface area contributed by atoms with Gasteiger partial charge in [-0.25, -0.2) is 4.98 Å². The van der Waals surface area contributed by atoms with Crippen LogP contribution < -0.4 is 16.0 Å². The first kappa shape index (κ1) is 23.1. The summed E-state index contributed by atoms with van der Waals surface area (Å²) in [6, 6.07) is 1.84. The molecule has 34 heavy (non-hydrogen) atoms. The summed E-state index contributed by atoms with van der Waals surface area (Å²) in [7, 11) is 1.73. The van der Waals surface area contributed by atoms with Crippen LogP contribution in [0.1, 0.15) is 66.7 Å². The molecule has 2 aromatic rings. The molecule has 0 aromatic carbocycles. The summed E-state index contributed by atoms with van der Waals surface area (Å²) in [6.07, 6.45) is 2.86. The van der Waals surface area contributed by atoms with Gasteiger partial charge in [0.05, 0.1) is 11.3 Å². The highest BCUT2D eigenvalue weighted by Crippen LogP contribution is 2.52. The number of rotatable bonds is 5. The number of hydrogen-bond acceptors (Lipinski definition) is 6. The van der Waals surface area contributed by atoms with Crippen LogP contribution in [0, 0.1) is 17.7 Å². The van der Waals surface area contributed by atoms with Gasteiger partial charge in [0.2, 0.25) is 0 Å². The van der Waals surface area contributed by atoms with Crippen LogP contribution in [-0.4, -0.2) is 40.1 Å². The predicted molar refractivity (Wildman–Crippen MR) is 125 cm³/mol. The van der Waals surface area contributed by atoms with Crippen molar-refractivity contribution in [1.29, 1.82) is 5.41 Å². The summed E-state index contributed by atoms with van der Waals surface area (Å²) in [5, 5.41) is 15.0. The van der Waals surface area contributed by atoms with E-state index in [1.165, 1.54) is 6.21 Å². The van der Waals surface area contributed by atoms with Crippen molar-refractivity contribution in [3.05, 3.63) is 34.3 Å². The fourth-order valence-electron chi connectivity index (χ4n) is 6.16. The van der Waals surface area contributed by atoms with Gasteiger partial charge in [0, 0.05) is 61.8 Å². The third kappa shape index (κ3) is 3.85. The van der Waals surface area contributed by atoms with Gasteiger partial charge in [-0.05, 0) is 56.9 Å². The molecule has 3 heterocycles. The molecule has 0 radical (unpaired) electrons. The molecular weight excluding hydrogens is 443 g/mol. The zero-order chi connectivity index (χ0) is 24.3. The largest absolute Gasteiger partial charge is 0.435 e. The van der Waals surface area contributed by atoms with Crippen molar-refractivity contribution in [2.75, 3.05) is 23.8 Å². The number of alkyl halides is 3. The Morgan fingerprint density at radius 3 is 2.47 bits per heavy atom. The summed E-state index contributed by atoms with van der Waals surface area (Å²) >= 11 is 0. The van der Waals surface area contributed by atoms with Crippen molar-refractivity contribution in [3.8, 4) is 0 Å². The van der Waals surface area contributed by atoms with Crippen LogP contribution >= 0.6 is 0 Å². The maximum Gasteiger partial charge on any atom is 0.435 e. The minimum absolute atomic E-state index is 0.00182. The predicted octanol–water partition coefficient (Wildman–Crippen LogP) is 4.26. The molecule has 3 saturated carbocycles. The minimum atomic E-state index is -4.52. The molecule has 6 rings (SSSR count). The number of aromatic nitrogens is 3. The molecule has 3 aliphatic carbocycles. The van der Waals surface area contributed by atoms with E-state index in [0.717, 1.165) is 49.9 Å². The van der Waals surface area contributed by atoms with Crippen LogP contribution in [0.25, 0.3) is 0 Å². The Labute approximate surface area is 197 Å². The fourth-order valence-corrected chi connectivity index (χ4v) is 6.16. The van der Waals surface area contributed by atoms with Crippen molar-refractivity contribution in [2.24, 2.45) is 11.1 Å². The lowest BCUT2D eigenvalue weighted by atomic mass is 9.57. The van der Waals surface area contributed by atoms with Gasteiger partial charge in [0.25, 0.3) is 0 Å². The molecule has 3 fully saturated rings. The van der Waals surface area contributed by atoms with E-state index in [1.807, 2.05) is 17.9 Å². The van der Waals surface area contributed by atoms with Gasteiger partial charge >= 0.3 is 6.18 Å². The van der Waals surface area contributed by atoms with Gasteiger partial charge in [0.15, 0.2) is 5.69 Å². The van der Waals surface area contributed by atoms with E-state index in [-0.39, 0.29) is 23.1 Å². The Bertz CT molecular complexity index is 1100. The number of halogens is 3. The van der Waals surface area contributed by atoms with Crippen LogP contribution in [0.4, 0.5) is 24.7 Å². The summed E-state index contributed by atoms with van der Waals surface area (Å²) in [6.45, 7) is 3.04. The average molecular weight is 476 g/mol. The number of nitrogens with zero attached hydrogens (tertiary/aromatic N) is 4. The number of aryl methyl sites for hydroxylation is 1. The Hall–Kier alpha value is -2.62. The third-order valence-corrected chi connectivity index (χ3v) is 8.23. The van der Waals surface area contributed by atoms with Crippen LogP contribution in [0.15, 0.2) is 6.07 Å². The normalized spacial score (nSPS) is 26.5. The van der Waals surface area contributed by atoms with Crippen LogP contribution in [0.2, 0.25) is 0 Å². The quantitative estimate of drug-likeness (QED) is 0.562. The molecule has 0 atom stereocenters. The molecule has 0 amide bonds. The fraction of sp³-hybridized carbons (Fsp3) is 0.625. The number of hydrogen-bond donors (Lipinski definition) is 3. The Morgan fingerprint density at radius 2 is 1.88 bits per heavy atom. The first-order valence-corrected chi connectivity index (χ1v) is 12.0. The van der Waals surface area contributed by atoms with Crippen molar-refractivity contribution >= 4 is 17.7 Å². The van der Waals surface area contributed by atoms with Crippen LogP contribution in [-0.2, 0) is 25.7 Å². The van der Waals surface area contributed by atoms with Gasteiger partial charge < -0.3 is 21.4 Å². The molecule has 0 unspecified atom stereocenters.